The molecule has 6 nitrogen and oxygen atoms in total. The Kier molecular flexibility index (Phi) is 8.15. The molecule has 0 spiro atoms. The molecule has 0 aromatic heterocycles. The third-order valence-electron chi connectivity index (χ3n) is 5.08. The summed E-state index contributed by atoms with van der Waals surface area (Å²) in [6.07, 6.45) is 0.423. The van der Waals surface area contributed by atoms with Crippen LogP contribution >= 0.6 is 0 Å². The summed E-state index contributed by atoms with van der Waals surface area (Å²) in [5.41, 5.74) is 3.13. The van der Waals surface area contributed by atoms with Crippen molar-refractivity contribution < 1.29 is 19.5 Å². The van der Waals surface area contributed by atoms with Crippen LogP contribution in [0, 0.1) is 0 Å². The molecule has 3 aromatic carbocycles. The minimum atomic E-state index is -1.02. The fraction of sp³-hybridized carbons (Fsp3) is 0.192. The number of amides is 2. The fourth-order valence-corrected chi connectivity index (χ4v) is 3.42. The van der Waals surface area contributed by atoms with E-state index in [1.54, 1.807) is 12.1 Å². The van der Waals surface area contributed by atoms with Crippen molar-refractivity contribution in [3.8, 4) is 11.1 Å². The molecule has 0 heterocycles. The van der Waals surface area contributed by atoms with Gasteiger partial charge in [0.05, 0.1) is 0 Å². The zero-order valence-corrected chi connectivity index (χ0v) is 17.7. The van der Waals surface area contributed by atoms with Gasteiger partial charge in [-0.2, -0.15) is 0 Å². The lowest BCUT2D eigenvalue weighted by Crippen LogP contribution is -2.47. The number of hydrogen-bond acceptors (Lipinski definition) is 3. The summed E-state index contributed by atoms with van der Waals surface area (Å²) in [6, 6.07) is 25.4. The van der Waals surface area contributed by atoms with Crippen LogP contribution in [-0.4, -0.2) is 35.5 Å². The topological polar surface area (TPSA) is 95.5 Å². The lowest BCUT2D eigenvalue weighted by molar-refractivity contribution is -0.137. The summed E-state index contributed by atoms with van der Waals surface area (Å²) < 4.78 is 0. The van der Waals surface area contributed by atoms with Gasteiger partial charge < -0.3 is 15.7 Å². The monoisotopic (exact) mass is 430 g/mol. The van der Waals surface area contributed by atoms with Gasteiger partial charge in [-0.25, -0.2) is 0 Å². The first kappa shape index (κ1) is 22.7. The average Bonchev–Trinajstić information content (AvgIpc) is 2.82. The number of aliphatic carboxylic acids is 1. The van der Waals surface area contributed by atoms with E-state index < -0.39 is 23.8 Å². The molecule has 0 radical (unpaired) electrons. The highest BCUT2D eigenvalue weighted by Gasteiger charge is 2.23. The van der Waals surface area contributed by atoms with E-state index in [0.717, 1.165) is 16.7 Å². The predicted molar refractivity (Wildman–Crippen MR) is 123 cm³/mol. The summed E-state index contributed by atoms with van der Waals surface area (Å²) in [5.74, 6) is -1.84. The largest absolute Gasteiger partial charge is 0.481 e. The minimum absolute atomic E-state index is 0.00570. The molecule has 0 saturated carbocycles. The number of hydrogen-bond donors (Lipinski definition) is 3. The van der Waals surface area contributed by atoms with Crippen LogP contribution in [0.1, 0.15) is 28.8 Å². The Balaban J connectivity index is 1.70. The zero-order chi connectivity index (χ0) is 22.8. The van der Waals surface area contributed by atoms with E-state index in [0.29, 0.717) is 18.5 Å². The molecule has 0 aliphatic rings. The van der Waals surface area contributed by atoms with Crippen molar-refractivity contribution in [2.75, 3.05) is 6.54 Å². The summed E-state index contributed by atoms with van der Waals surface area (Å²) in [5, 5.41) is 14.6. The molecular weight excluding hydrogens is 404 g/mol. The molecular formula is C26H26N2O4. The summed E-state index contributed by atoms with van der Waals surface area (Å²) >= 11 is 0. The van der Waals surface area contributed by atoms with Crippen molar-refractivity contribution in [1.82, 2.24) is 10.6 Å². The van der Waals surface area contributed by atoms with Crippen LogP contribution in [0.4, 0.5) is 0 Å². The highest BCUT2D eigenvalue weighted by atomic mass is 16.4. The van der Waals surface area contributed by atoms with Gasteiger partial charge in [0.1, 0.15) is 6.04 Å². The van der Waals surface area contributed by atoms with Gasteiger partial charge in [-0.1, -0.05) is 78.9 Å². The average molecular weight is 431 g/mol. The van der Waals surface area contributed by atoms with Crippen molar-refractivity contribution in [3.05, 3.63) is 96.1 Å². The second kappa shape index (κ2) is 11.5. The van der Waals surface area contributed by atoms with Gasteiger partial charge in [-0.15, -0.1) is 0 Å². The van der Waals surface area contributed by atoms with E-state index in [9.17, 15) is 14.4 Å². The Morgan fingerprint density at radius 3 is 2.12 bits per heavy atom. The van der Waals surface area contributed by atoms with Gasteiger partial charge in [-0.05, 0) is 35.6 Å². The van der Waals surface area contributed by atoms with Gasteiger partial charge >= 0.3 is 5.97 Å². The molecule has 3 rings (SSSR count). The maximum Gasteiger partial charge on any atom is 0.303 e. The van der Waals surface area contributed by atoms with Crippen molar-refractivity contribution >= 4 is 17.8 Å². The summed E-state index contributed by atoms with van der Waals surface area (Å²) in [6.45, 7) is 0.392. The molecule has 32 heavy (non-hydrogen) atoms. The van der Waals surface area contributed by atoms with Gasteiger partial charge in [0, 0.05) is 18.5 Å². The van der Waals surface area contributed by atoms with E-state index in [1.165, 1.54) is 0 Å². The number of nitrogens with one attached hydrogen (secondary N) is 2. The molecule has 0 aliphatic carbocycles. The van der Waals surface area contributed by atoms with Gasteiger partial charge in [0.2, 0.25) is 5.91 Å². The van der Waals surface area contributed by atoms with Gasteiger partial charge in [0.25, 0.3) is 5.91 Å². The Bertz CT molecular complexity index is 1050. The molecule has 0 aliphatic heterocycles. The molecule has 0 fully saturated rings. The van der Waals surface area contributed by atoms with Crippen LogP contribution in [0.3, 0.4) is 0 Å². The predicted octanol–water partition coefficient (Wildman–Crippen LogP) is 3.68. The Morgan fingerprint density at radius 2 is 1.44 bits per heavy atom. The van der Waals surface area contributed by atoms with Crippen molar-refractivity contribution in [2.45, 2.75) is 25.3 Å². The third kappa shape index (κ3) is 6.54. The first-order valence-electron chi connectivity index (χ1n) is 10.5. The second-order valence-electron chi connectivity index (χ2n) is 7.40. The molecule has 6 heteroatoms. The van der Waals surface area contributed by atoms with Crippen LogP contribution in [0.25, 0.3) is 11.1 Å². The van der Waals surface area contributed by atoms with Crippen LogP contribution in [0.5, 0.6) is 0 Å². The van der Waals surface area contributed by atoms with Crippen molar-refractivity contribution in [3.63, 3.8) is 0 Å². The lowest BCUT2D eigenvalue weighted by atomic mass is 9.98. The SMILES string of the molecule is O=C(O)CCC(NC(=O)c1ccccc1-c1ccccc1)C(=O)NCCc1ccccc1. The number of carbonyl (C=O) groups excluding carboxylic acids is 2. The van der Waals surface area contributed by atoms with E-state index in [-0.39, 0.29) is 12.8 Å². The highest BCUT2D eigenvalue weighted by Crippen LogP contribution is 2.23. The van der Waals surface area contributed by atoms with E-state index in [4.69, 9.17) is 5.11 Å². The third-order valence-corrected chi connectivity index (χ3v) is 5.08. The van der Waals surface area contributed by atoms with E-state index in [2.05, 4.69) is 10.6 Å². The molecule has 3 aromatic rings. The van der Waals surface area contributed by atoms with Crippen LogP contribution in [0.2, 0.25) is 0 Å². The van der Waals surface area contributed by atoms with E-state index >= 15 is 0 Å². The minimum Gasteiger partial charge on any atom is -0.481 e. The Hall–Kier alpha value is -3.93. The first-order chi connectivity index (χ1) is 15.5. The number of benzene rings is 3. The summed E-state index contributed by atoms with van der Waals surface area (Å²) in [7, 11) is 0. The molecule has 0 bridgehead atoms. The van der Waals surface area contributed by atoms with Gasteiger partial charge in [0.15, 0.2) is 0 Å². The maximum atomic E-state index is 13.1. The molecule has 3 N–H and O–H groups in total. The van der Waals surface area contributed by atoms with Crippen molar-refractivity contribution in [1.29, 1.82) is 0 Å². The van der Waals surface area contributed by atoms with Gasteiger partial charge in [-0.3, -0.25) is 14.4 Å². The molecule has 0 saturated heterocycles. The normalized spacial score (nSPS) is 11.4. The maximum absolute atomic E-state index is 13.1. The van der Waals surface area contributed by atoms with Crippen molar-refractivity contribution in [2.24, 2.45) is 0 Å². The lowest BCUT2D eigenvalue weighted by Gasteiger charge is -2.19. The summed E-state index contributed by atoms with van der Waals surface area (Å²) in [4.78, 5) is 36.9. The Morgan fingerprint density at radius 1 is 0.812 bits per heavy atom. The Labute approximate surface area is 187 Å². The number of carbonyl (C=O) groups is 3. The fourth-order valence-electron chi connectivity index (χ4n) is 3.42. The molecule has 2 amide bonds. The first-order valence-corrected chi connectivity index (χ1v) is 10.5. The van der Waals surface area contributed by atoms with Crippen LogP contribution in [0.15, 0.2) is 84.9 Å². The van der Waals surface area contributed by atoms with Crippen LogP contribution in [-0.2, 0) is 16.0 Å². The number of rotatable bonds is 10. The quantitative estimate of drug-likeness (QED) is 0.457. The molecule has 164 valence electrons. The number of carboxylic acids is 1. The van der Waals surface area contributed by atoms with E-state index in [1.807, 2.05) is 72.8 Å². The molecule has 1 unspecified atom stereocenters. The number of carboxylic acid groups (broad SMARTS) is 1. The molecule has 1 atom stereocenters. The standard InChI is InChI=1S/C26H26N2O4/c29-24(30)16-15-23(26(32)27-18-17-19-9-3-1-4-10-19)28-25(31)22-14-8-7-13-21(22)20-11-5-2-6-12-20/h1-14,23H,15-18H2,(H,27,32)(H,28,31)(H,29,30). The highest BCUT2D eigenvalue weighted by molar-refractivity contribution is 6.02. The second-order valence-corrected chi connectivity index (χ2v) is 7.40. The zero-order valence-electron chi connectivity index (χ0n) is 17.7. The van der Waals surface area contributed by atoms with Crippen LogP contribution < -0.4 is 10.6 Å². The smallest absolute Gasteiger partial charge is 0.303 e.